The maximum absolute atomic E-state index is 12.6. The molecule has 2 aromatic rings. The summed E-state index contributed by atoms with van der Waals surface area (Å²) >= 11 is 6.19. The predicted octanol–water partition coefficient (Wildman–Crippen LogP) is 3.56. The molecule has 0 radical (unpaired) electrons. The third-order valence-electron chi connectivity index (χ3n) is 5.15. The molecule has 25 heavy (non-hydrogen) atoms. The van der Waals surface area contributed by atoms with Gasteiger partial charge in [0.15, 0.2) is 5.69 Å². The number of rotatable bonds is 4. The summed E-state index contributed by atoms with van der Waals surface area (Å²) < 4.78 is 1.97. The number of amides is 1. The molecule has 136 valence electrons. The third kappa shape index (κ3) is 3.82. The van der Waals surface area contributed by atoms with E-state index in [0.717, 1.165) is 31.0 Å². The molecular weight excluding hydrogens is 336 g/mol. The van der Waals surface area contributed by atoms with E-state index in [-0.39, 0.29) is 5.91 Å². The van der Waals surface area contributed by atoms with Gasteiger partial charge in [-0.2, -0.15) is 0 Å². The molecule has 3 heterocycles. The molecule has 0 aliphatic carbocycles. The van der Waals surface area contributed by atoms with E-state index in [4.69, 9.17) is 11.6 Å². The van der Waals surface area contributed by atoms with Gasteiger partial charge < -0.3 is 9.30 Å². The molecule has 1 amide bonds. The molecule has 1 fully saturated rings. The van der Waals surface area contributed by atoms with Gasteiger partial charge in [0.25, 0.3) is 5.91 Å². The number of pyridine rings is 1. The van der Waals surface area contributed by atoms with Crippen LogP contribution in [-0.4, -0.2) is 52.3 Å². The molecule has 1 aliphatic heterocycles. The van der Waals surface area contributed by atoms with Crippen molar-refractivity contribution in [3.63, 3.8) is 0 Å². The monoisotopic (exact) mass is 362 g/mol. The van der Waals surface area contributed by atoms with Crippen LogP contribution in [0.2, 0.25) is 5.02 Å². The molecule has 1 aliphatic rings. The van der Waals surface area contributed by atoms with Crippen molar-refractivity contribution in [3.8, 4) is 0 Å². The van der Waals surface area contributed by atoms with Crippen molar-refractivity contribution >= 4 is 23.2 Å². The number of carbonyl (C=O) groups is 1. The number of hydrogen-bond donors (Lipinski definition) is 0. The van der Waals surface area contributed by atoms with E-state index >= 15 is 0 Å². The van der Waals surface area contributed by atoms with Crippen molar-refractivity contribution in [2.45, 2.75) is 33.2 Å². The first-order chi connectivity index (χ1) is 11.9. The fourth-order valence-corrected chi connectivity index (χ4v) is 3.75. The summed E-state index contributed by atoms with van der Waals surface area (Å²) in [6, 6.07) is 3.68. The average Bonchev–Trinajstić information content (AvgIpc) is 2.92. The summed E-state index contributed by atoms with van der Waals surface area (Å²) in [5.74, 6) is 1.33. The van der Waals surface area contributed by atoms with Crippen molar-refractivity contribution in [2.75, 3.05) is 27.2 Å². The summed E-state index contributed by atoms with van der Waals surface area (Å²) in [7, 11) is 3.53. The number of piperidine rings is 1. The highest BCUT2D eigenvalue weighted by Crippen LogP contribution is 2.26. The minimum atomic E-state index is -0.0627. The van der Waals surface area contributed by atoms with Gasteiger partial charge in [-0.05, 0) is 43.4 Å². The molecule has 0 spiro atoms. The minimum Gasteiger partial charge on any atom is -0.343 e. The number of hydrogen-bond acceptors (Lipinski definition) is 3. The maximum atomic E-state index is 12.6. The second kappa shape index (κ2) is 7.34. The Morgan fingerprint density at radius 1 is 1.40 bits per heavy atom. The zero-order valence-electron chi connectivity index (χ0n) is 15.5. The van der Waals surface area contributed by atoms with Crippen LogP contribution in [0.5, 0.6) is 0 Å². The standard InChI is InChI=1S/C19H27ClN4O/c1-13(2)14-6-5-9-23(10-14)12-16-18(19(25)22(3)4)21-17-8-7-15(20)11-24(16)17/h7-8,11,13-14H,5-6,9-10,12H2,1-4H3. The highest BCUT2D eigenvalue weighted by molar-refractivity contribution is 6.30. The van der Waals surface area contributed by atoms with Gasteiger partial charge in [-0.15, -0.1) is 0 Å². The molecule has 0 N–H and O–H groups in total. The van der Waals surface area contributed by atoms with Crippen LogP contribution in [0.3, 0.4) is 0 Å². The van der Waals surface area contributed by atoms with Crippen LogP contribution in [0.15, 0.2) is 18.3 Å². The SMILES string of the molecule is CC(C)C1CCCN(Cc2c(C(=O)N(C)C)nc3ccc(Cl)cn23)C1. The number of nitrogens with zero attached hydrogens (tertiary/aromatic N) is 4. The Balaban J connectivity index is 1.97. The number of halogens is 1. The van der Waals surface area contributed by atoms with Gasteiger partial charge in [0.05, 0.1) is 10.7 Å². The molecule has 0 aromatic carbocycles. The Morgan fingerprint density at radius 3 is 2.84 bits per heavy atom. The van der Waals surface area contributed by atoms with Gasteiger partial charge >= 0.3 is 0 Å². The lowest BCUT2D eigenvalue weighted by molar-refractivity contribution is 0.0818. The predicted molar refractivity (Wildman–Crippen MR) is 101 cm³/mol. The Kier molecular flexibility index (Phi) is 5.35. The first kappa shape index (κ1) is 18.2. The maximum Gasteiger partial charge on any atom is 0.273 e. The summed E-state index contributed by atoms with van der Waals surface area (Å²) in [5.41, 5.74) is 2.22. The molecule has 0 saturated carbocycles. The van der Waals surface area contributed by atoms with Crippen LogP contribution in [0.25, 0.3) is 5.65 Å². The van der Waals surface area contributed by atoms with Crippen LogP contribution in [0.1, 0.15) is 42.9 Å². The summed E-state index contributed by atoms with van der Waals surface area (Å²) in [6.45, 7) is 7.44. The van der Waals surface area contributed by atoms with Gasteiger partial charge in [-0.25, -0.2) is 4.98 Å². The second-order valence-electron chi connectivity index (χ2n) is 7.56. The molecule has 1 unspecified atom stereocenters. The van der Waals surface area contributed by atoms with Crippen molar-refractivity contribution in [2.24, 2.45) is 11.8 Å². The number of aromatic nitrogens is 2. The first-order valence-corrected chi connectivity index (χ1v) is 9.35. The molecule has 1 atom stereocenters. The molecule has 2 aromatic heterocycles. The summed E-state index contributed by atoms with van der Waals surface area (Å²) in [5, 5.41) is 0.647. The normalized spacial score (nSPS) is 18.9. The Labute approximate surface area is 154 Å². The fraction of sp³-hybridized carbons (Fsp3) is 0.579. The van der Waals surface area contributed by atoms with E-state index < -0.39 is 0 Å². The molecule has 0 bridgehead atoms. The van der Waals surface area contributed by atoms with Crippen LogP contribution in [0.4, 0.5) is 0 Å². The summed E-state index contributed by atoms with van der Waals surface area (Å²) in [4.78, 5) is 21.2. The Bertz CT molecular complexity index is 768. The Morgan fingerprint density at radius 2 is 2.16 bits per heavy atom. The van der Waals surface area contributed by atoms with Crippen molar-refractivity contribution in [1.29, 1.82) is 0 Å². The van der Waals surface area contributed by atoms with Gasteiger partial charge in [0, 0.05) is 33.4 Å². The van der Waals surface area contributed by atoms with Crippen LogP contribution < -0.4 is 0 Å². The number of fused-ring (bicyclic) bond motifs is 1. The lowest BCUT2D eigenvalue weighted by atomic mass is 9.88. The smallest absolute Gasteiger partial charge is 0.273 e. The topological polar surface area (TPSA) is 40.9 Å². The van der Waals surface area contributed by atoms with E-state index in [0.29, 0.717) is 22.6 Å². The van der Waals surface area contributed by atoms with Crippen LogP contribution in [-0.2, 0) is 6.54 Å². The molecule has 5 nitrogen and oxygen atoms in total. The molecule has 6 heteroatoms. The third-order valence-corrected chi connectivity index (χ3v) is 5.37. The van der Waals surface area contributed by atoms with Crippen molar-refractivity contribution < 1.29 is 4.79 Å². The molecule has 3 rings (SSSR count). The highest BCUT2D eigenvalue weighted by Gasteiger charge is 2.26. The second-order valence-corrected chi connectivity index (χ2v) is 8.00. The van der Waals surface area contributed by atoms with Crippen LogP contribution in [0, 0.1) is 11.8 Å². The summed E-state index contributed by atoms with van der Waals surface area (Å²) in [6.07, 6.45) is 4.35. The fourth-order valence-electron chi connectivity index (χ4n) is 3.59. The van der Waals surface area contributed by atoms with Gasteiger partial charge in [-0.3, -0.25) is 9.69 Å². The van der Waals surface area contributed by atoms with Gasteiger partial charge in [0.1, 0.15) is 5.65 Å². The van der Waals surface area contributed by atoms with E-state index in [1.165, 1.54) is 12.8 Å². The quantitative estimate of drug-likeness (QED) is 0.835. The zero-order valence-corrected chi connectivity index (χ0v) is 16.3. The lowest BCUT2D eigenvalue weighted by Crippen LogP contribution is -2.37. The number of carbonyl (C=O) groups excluding carboxylic acids is 1. The lowest BCUT2D eigenvalue weighted by Gasteiger charge is -2.34. The molecule has 1 saturated heterocycles. The zero-order chi connectivity index (χ0) is 18.1. The van der Waals surface area contributed by atoms with E-state index in [2.05, 4.69) is 23.7 Å². The molecular formula is C19H27ClN4O. The van der Waals surface area contributed by atoms with Gasteiger partial charge in [-0.1, -0.05) is 25.4 Å². The minimum absolute atomic E-state index is 0.0627. The van der Waals surface area contributed by atoms with E-state index in [1.807, 2.05) is 22.7 Å². The largest absolute Gasteiger partial charge is 0.343 e. The average molecular weight is 363 g/mol. The van der Waals surface area contributed by atoms with Crippen molar-refractivity contribution in [3.05, 3.63) is 34.7 Å². The Hall–Kier alpha value is -1.59. The highest BCUT2D eigenvalue weighted by atomic mass is 35.5. The van der Waals surface area contributed by atoms with Crippen LogP contribution >= 0.6 is 11.6 Å². The first-order valence-electron chi connectivity index (χ1n) is 8.97. The van der Waals surface area contributed by atoms with Gasteiger partial charge in [0.2, 0.25) is 0 Å². The number of likely N-dealkylation sites (tertiary alicyclic amines) is 1. The van der Waals surface area contributed by atoms with E-state index in [1.54, 1.807) is 19.0 Å². The number of imidazole rings is 1. The van der Waals surface area contributed by atoms with Crippen molar-refractivity contribution in [1.82, 2.24) is 19.2 Å². The van der Waals surface area contributed by atoms with E-state index in [9.17, 15) is 4.79 Å².